The van der Waals surface area contributed by atoms with Gasteiger partial charge in [-0.1, -0.05) is 52.3 Å². The van der Waals surface area contributed by atoms with Crippen LogP contribution >= 0.6 is 0 Å². The van der Waals surface area contributed by atoms with E-state index in [1.54, 1.807) is 12.3 Å². The van der Waals surface area contributed by atoms with E-state index >= 15 is 0 Å². The molecule has 2 amide bonds. The van der Waals surface area contributed by atoms with Gasteiger partial charge in [-0.3, -0.25) is 9.59 Å². The molecule has 0 aliphatic heterocycles. The second-order valence-corrected chi connectivity index (χ2v) is 8.16. The Bertz CT molecular complexity index is 1040. The fraction of sp³-hybridized carbons (Fsp3) is 0.435. The summed E-state index contributed by atoms with van der Waals surface area (Å²) in [7, 11) is 0. The molecule has 2 aromatic heterocycles. The van der Waals surface area contributed by atoms with Crippen LogP contribution in [0.1, 0.15) is 44.6 Å². The molecule has 2 heterocycles. The number of aromatic amines is 1. The Morgan fingerprint density at radius 2 is 1.83 bits per heavy atom. The second kappa shape index (κ2) is 9.26. The first kappa shape index (κ1) is 21.8. The van der Waals surface area contributed by atoms with Crippen LogP contribution in [-0.2, 0) is 4.79 Å². The SMILES string of the molecule is CCC(C)C(NC(=O)c1cc2c(cn1)[nH]c1ccccc12)C(=O)NC(CO)C(C)C. The van der Waals surface area contributed by atoms with Crippen molar-refractivity contribution in [2.45, 2.75) is 46.2 Å². The summed E-state index contributed by atoms with van der Waals surface area (Å²) in [5.74, 6) is -0.679. The lowest BCUT2D eigenvalue weighted by atomic mass is 9.96. The molecule has 1 aromatic carbocycles. The lowest BCUT2D eigenvalue weighted by Gasteiger charge is -2.27. The predicted molar refractivity (Wildman–Crippen MR) is 118 cm³/mol. The number of pyridine rings is 1. The number of aliphatic hydroxyl groups is 1. The molecule has 160 valence electrons. The maximum Gasteiger partial charge on any atom is 0.270 e. The largest absolute Gasteiger partial charge is 0.394 e. The monoisotopic (exact) mass is 410 g/mol. The molecule has 3 atom stereocenters. The van der Waals surface area contributed by atoms with Crippen molar-refractivity contribution in [3.05, 3.63) is 42.2 Å². The number of benzene rings is 1. The fourth-order valence-electron chi connectivity index (χ4n) is 3.49. The summed E-state index contributed by atoms with van der Waals surface area (Å²) >= 11 is 0. The number of hydrogen-bond donors (Lipinski definition) is 4. The van der Waals surface area contributed by atoms with Crippen LogP contribution in [0.2, 0.25) is 0 Å². The van der Waals surface area contributed by atoms with Crippen LogP contribution in [0.15, 0.2) is 36.5 Å². The number of nitrogens with one attached hydrogen (secondary N) is 3. The summed E-state index contributed by atoms with van der Waals surface area (Å²) in [4.78, 5) is 33.4. The van der Waals surface area contributed by atoms with Crippen molar-refractivity contribution in [3.63, 3.8) is 0 Å². The van der Waals surface area contributed by atoms with E-state index in [1.165, 1.54) is 0 Å². The van der Waals surface area contributed by atoms with Crippen molar-refractivity contribution in [2.24, 2.45) is 11.8 Å². The minimum Gasteiger partial charge on any atom is -0.394 e. The number of carbonyl (C=O) groups excluding carboxylic acids is 2. The number of amides is 2. The minimum atomic E-state index is -0.712. The zero-order valence-corrected chi connectivity index (χ0v) is 17.9. The maximum atomic E-state index is 13.0. The third kappa shape index (κ3) is 4.46. The molecule has 0 saturated carbocycles. The van der Waals surface area contributed by atoms with Gasteiger partial charge in [0, 0.05) is 16.3 Å². The van der Waals surface area contributed by atoms with Gasteiger partial charge in [0.15, 0.2) is 0 Å². The summed E-state index contributed by atoms with van der Waals surface area (Å²) in [5, 5.41) is 17.2. The minimum absolute atomic E-state index is 0.0720. The third-order valence-corrected chi connectivity index (χ3v) is 5.73. The summed E-state index contributed by atoms with van der Waals surface area (Å²) in [5.41, 5.74) is 2.09. The highest BCUT2D eigenvalue weighted by molar-refractivity contribution is 6.09. The van der Waals surface area contributed by atoms with Gasteiger partial charge in [0.25, 0.3) is 5.91 Å². The van der Waals surface area contributed by atoms with Crippen LogP contribution in [0.25, 0.3) is 21.8 Å². The summed E-state index contributed by atoms with van der Waals surface area (Å²) in [6.07, 6.45) is 2.36. The zero-order valence-electron chi connectivity index (χ0n) is 17.9. The molecule has 30 heavy (non-hydrogen) atoms. The van der Waals surface area contributed by atoms with Gasteiger partial charge >= 0.3 is 0 Å². The molecule has 0 spiro atoms. The molecule has 0 saturated heterocycles. The van der Waals surface area contributed by atoms with Gasteiger partial charge in [-0.25, -0.2) is 4.98 Å². The quantitative estimate of drug-likeness (QED) is 0.458. The summed E-state index contributed by atoms with van der Waals surface area (Å²) in [6.45, 7) is 7.60. The Labute approximate surface area is 176 Å². The van der Waals surface area contributed by atoms with Crippen molar-refractivity contribution in [1.82, 2.24) is 20.6 Å². The van der Waals surface area contributed by atoms with E-state index in [2.05, 4.69) is 20.6 Å². The fourth-order valence-corrected chi connectivity index (χ4v) is 3.49. The molecule has 0 aliphatic carbocycles. The molecule has 4 N–H and O–H groups in total. The first-order valence-corrected chi connectivity index (χ1v) is 10.4. The van der Waals surface area contributed by atoms with E-state index in [4.69, 9.17) is 0 Å². The van der Waals surface area contributed by atoms with Gasteiger partial charge in [0.05, 0.1) is 24.4 Å². The number of aromatic nitrogens is 2. The van der Waals surface area contributed by atoms with Crippen molar-refractivity contribution < 1.29 is 14.7 Å². The standard InChI is InChI=1S/C23H30N4O3/c1-5-14(4)21(23(30)26-20(12-28)13(2)3)27-22(29)18-10-16-15-8-6-7-9-17(15)25-19(16)11-24-18/h6-11,13-14,20-21,25,28H,5,12H2,1-4H3,(H,26,30)(H,27,29). The molecule has 0 aliphatic rings. The average molecular weight is 411 g/mol. The highest BCUT2D eigenvalue weighted by Gasteiger charge is 2.29. The molecule has 7 heteroatoms. The topological polar surface area (TPSA) is 107 Å². The lowest BCUT2D eigenvalue weighted by Crippen LogP contribution is -2.54. The van der Waals surface area contributed by atoms with Crippen LogP contribution in [-0.4, -0.2) is 45.6 Å². The number of hydrogen-bond acceptors (Lipinski definition) is 4. The van der Waals surface area contributed by atoms with Gasteiger partial charge in [-0.05, 0) is 24.0 Å². The van der Waals surface area contributed by atoms with Crippen molar-refractivity contribution >= 4 is 33.6 Å². The van der Waals surface area contributed by atoms with Gasteiger partial charge in [-0.15, -0.1) is 0 Å². The van der Waals surface area contributed by atoms with E-state index in [0.29, 0.717) is 0 Å². The van der Waals surface area contributed by atoms with Crippen molar-refractivity contribution in [1.29, 1.82) is 0 Å². The number of nitrogens with zero attached hydrogens (tertiary/aromatic N) is 1. The summed E-state index contributed by atoms with van der Waals surface area (Å²) in [6, 6.07) is 8.55. The second-order valence-electron chi connectivity index (χ2n) is 8.16. The Morgan fingerprint density at radius 1 is 1.10 bits per heavy atom. The number of carbonyl (C=O) groups is 2. The zero-order chi connectivity index (χ0) is 21.8. The molecule has 3 rings (SSSR count). The molecular formula is C23H30N4O3. The van der Waals surface area contributed by atoms with E-state index in [9.17, 15) is 14.7 Å². The summed E-state index contributed by atoms with van der Waals surface area (Å²) < 4.78 is 0. The van der Waals surface area contributed by atoms with E-state index < -0.39 is 11.9 Å². The van der Waals surface area contributed by atoms with Gasteiger partial charge in [0.1, 0.15) is 11.7 Å². The molecule has 3 unspecified atom stereocenters. The molecule has 0 radical (unpaired) electrons. The number of aliphatic hydroxyl groups excluding tert-OH is 1. The highest BCUT2D eigenvalue weighted by atomic mass is 16.3. The predicted octanol–water partition coefficient (Wildman–Crippen LogP) is 2.99. The Hall–Kier alpha value is -2.93. The molecule has 7 nitrogen and oxygen atoms in total. The van der Waals surface area contributed by atoms with Gasteiger partial charge < -0.3 is 20.7 Å². The van der Waals surface area contributed by atoms with Crippen LogP contribution in [0, 0.1) is 11.8 Å². The van der Waals surface area contributed by atoms with E-state index in [1.807, 2.05) is 52.0 Å². The normalized spacial score (nSPS) is 14.6. The molecule has 3 aromatic rings. The Morgan fingerprint density at radius 3 is 2.50 bits per heavy atom. The first-order valence-electron chi connectivity index (χ1n) is 10.4. The van der Waals surface area contributed by atoms with Crippen LogP contribution in [0.3, 0.4) is 0 Å². The van der Waals surface area contributed by atoms with Crippen LogP contribution in [0.5, 0.6) is 0 Å². The molecule has 0 bridgehead atoms. The Balaban J connectivity index is 1.84. The maximum absolute atomic E-state index is 13.0. The van der Waals surface area contributed by atoms with Gasteiger partial charge in [0.2, 0.25) is 5.91 Å². The van der Waals surface area contributed by atoms with Crippen molar-refractivity contribution in [2.75, 3.05) is 6.61 Å². The third-order valence-electron chi connectivity index (χ3n) is 5.73. The number of fused-ring (bicyclic) bond motifs is 3. The molecule has 0 fully saturated rings. The van der Waals surface area contributed by atoms with E-state index in [-0.39, 0.29) is 36.1 Å². The average Bonchev–Trinajstić information content (AvgIpc) is 3.12. The number of H-pyrrole nitrogens is 1. The smallest absolute Gasteiger partial charge is 0.270 e. The Kier molecular flexibility index (Phi) is 6.72. The molecular weight excluding hydrogens is 380 g/mol. The number of para-hydroxylation sites is 1. The lowest BCUT2D eigenvalue weighted by molar-refractivity contribution is -0.125. The first-order chi connectivity index (χ1) is 14.3. The van der Waals surface area contributed by atoms with E-state index in [0.717, 1.165) is 28.2 Å². The van der Waals surface area contributed by atoms with Crippen LogP contribution in [0.4, 0.5) is 0 Å². The van der Waals surface area contributed by atoms with Crippen molar-refractivity contribution in [3.8, 4) is 0 Å². The number of rotatable bonds is 8. The highest BCUT2D eigenvalue weighted by Crippen LogP contribution is 2.25. The van der Waals surface area contributed by atoms with Gasteiger partial charge in [-0.2, -0.15) is 0 Å². The van der Waals surface area contributed by atoms with Crippen LogP contribution < -0.4 is 10.6 Å².